The topological polar surface area (TPSA) is 63.6 Å². The molecule has 4 nitrogen and oxygen atoms in total. The second-order valence-corrected chi connectivity index (χ2v) is 4.61. The van der Waals surface area contributed by atoms with Crippen molar-refractivity contribution in [1.29, 1.82) is 0 Å². The number of aliphatic carboxylic acids is 1. The summed E-state index contributed by atoms with van der Waals surface area (Å²) in [6.45, 7) is 2.12. The Bertz CT molecular complexity index is 443. The maximum Gasteiger partial charge on any atom is 0.307 e. The fourth-order valence-corrected chi connectivity index (χ4v) is 2.20. The van der Waals surface area contributed by atoms with Gasteiger partial charge in [0.1, 0.15) is 0 Å². The Kier molecular flexibility index (Phi) is 5.85. The van der Waals surface area contributed by atoms with Crippen LogP contribution in [0.25, 0.3) is 0 Å². The van der Waals surface area contributed by atoms with Crippen molar-refractivity contribution < 1.29 is 19.4 Å². The molecule has 18 heavy (non-hydrogen) atoms. The first-order valence-electron chi connectivity index (χ1n) is 5.68. The van der Waals surface area contributed by atoms with Gasteiger partial charge in [-0.05, 0) is 30.5 Å². The van der Waals surface area contributed by atoms with Gasteiger partial charge >= 0.3 is 11.9 Å². The van der Waals surface area contributed by atoms with Crippen molar-refractivity contribution >= 4 is 27.9 Å². The number of carbonyl (C=O) groups excluding carboxylic acids is 1. The van der Waals surface area contributed by atoms with E-state index in [9.17, 15) is 9.59 Å². The highest BCUT2D eigenvalue weighted by molar-refractivity contribution is 9.10. The smallest absolute Gasteiger partial charge is 0.307 e. The zero-order valence-corrected chi connectivity index (χ0v) is 11.7. The zero-order valence-electron chi connectivity index (χ0n) is 10.1. The molecule has 1 aromatic rings. The average Bonchev–Trinajstić information content (AvgIpc) is 2.30. The summed E-state index contributed by atoms with van der Waals surface area (Å²) in [5.74, 6) is -1.15. The van der Waals surface area contributed by atoms with Crippen molar-refractivity contribution in [2.45, 2.75) is 26.2 Å². The third-order valence-electron chi connectivity index (χ3n) is 2.45. The molecule has 0 spiro atoms. The summed E-state index contributed by atoms with van der Waals surface area (Å²) < 4.78 is 5.60. The highest BCUT2D eigenvalue weighted by atomic mass is 79.9. The summed E-state index contributed by atoms with van der Waals surface area (Å²) in [4.78, 5) is 22.1. The van der Waals surface area contributed by atoms with Crippen LogP contribution >= 0.6 is 15.9 Å². The summed E-state index contributed by atoms with van der Waals surface area (Å²) in [5, 5.41) is 8.86. The Hall–Kier alpha value is -1.36. The lowest BCUT2D eigenvalue weighted by Gasteiger charge is -2.09. The molecule has 1 rings (SSSR count). The monoisotopic (exact) mass is 314 g/mol. The number of halogens is 1. The van der Waals surface area contributed by atoms with E-state index in [1.54, 1.807) is 13.0 Å². The molecule has 0 radical (unpaired) electrons. The molecule has 0 saturated heterocycles. The molecule has 0 saturated carbocycles. The third kappa shape index (κ3) is 4.49. The predicted octanol–water partition coefficient (Wildman–Crippen LogP) is 2.57. The summed E-state index contributed by atoms with van der Waals surface area (Å²) >= 11 is 3.33. The highest BCUT2D eigenvalue weighted by Gasteiger charge is 2.12. The van der Waals surface area contributed by atoms with Crippen LogP contribution in [-0.4, -0.2) is 23.7 Å². The van der Waals surface area contributed by atoms with Crippen molar-refractivity contribution in [3.63, 3.8) is 0 Å². The van der Waals surface area contributed by atoms with Gasteiger partial charge < -0.3 is 9.84 Å². The van der Waals surface area contributed by atoms with Crippen LogP contribution in [0.15, 0.2) is 22.7 Å². The molecule has 0 fully saturated rings. The van der Waals surface area contributed by atoms with Crippen LogP contribution in [0, 0.1) is 0 Å². The van der Waals surface area contributed by atoms with Gasteiger partial charge in [-0.2, -0.15) is 0 Å². The van der Waals surface area contributed by atoms with Gasteiger partial charge in [0.2, 0.25) is 0 Å². The summed E-state index contributed by atoms with van der Waals surface area (Å²) in [6.07, 6.45) is 0.692. The number of hydrogen-bond donors (Lipinski definition) is 1. The molecule has 0 heterocycles. The maximum absolute atomic E-state index is 11.3. The predicted molar refractivity (Wildman–Crippen MR) is 70.4 cm³/mol. The zero-order chi connectivity index (χ0) is 13.5. The number of ether oxygens (including phenoxy) is 1. The number of hydrogen-bond acceptors (Lipinski definition) is 3. The van der Waals surface area contributed by atoms with Crippen molar-refractivity contribution in [3.05, 3.63) is 33.8 Å². The lowest BCUT2D eigenvalue weighted by atomic mass is 10.0. The first-order chi connectivity index (χ1) is 8.54. The highest BCUT2D eigenvalue weighted by Crippen LogP contribution is 2.22. The van der Waals surface area contributed by atoms with Gasteiger partial charge in [0.25, 0.3) is 0 Å². The number of carboxylic acid groups (broad SMARTS) is 1. The van der Waals surface area contributed by atoms with Crippen molar-refractivity contribution in [3.8, 4) is 0 Å². The standard InChI is InChI=1S/C13H15BrO4/c1-2-18-13(17)7-6-9-4-3-5-11(14)10(9)8-12(15)16/h3-5H,2,6-8H2,1H3,(H,15,16). The Labute approximate surface area is 114 Å². The molecular weight excluding hydrogens is 300 g/mol. The maximum atomic E-state index is 11.3. The fraction of sp³-hybridized carbons (Fsp3) is 0.385. The second kappa shape index (κ2) is 7.16. The molecule has 1 aromatic carbocycles. The van der Waals surface area contributed by atoms with Gasteiger partial charge in [-0.1, -0.05) is 28.1 Å². The lowest BCUT2D eigenvalue weighted by molar-refractivity contribution is -0.143. The molecule has 0 unspecified atom stereocenters. The lowest BCUT2D eigenvalue weighted by Crippen LogP contribution is -2.08. The number of benzene rings is 1. The van der Waals surface area contributed by atoms with Crippen molar-refractivity contribution in [1.82, 2.24) is 0 Å². The minimum absolute atomic E-state index is 0.0560. The first kappa shape index (κ1) is 14.7. The SMILES string of the molecule is CCOC(=O)CCc1cccc(Br)c1CC(=O)O. The van der Waals surface area contributed by atoms with Gasteiger partial charge in [-0.15, -0.1) is 0 Å². The average molecular weight is 315 g/mol. The Morgan fingerprint density at radius 1 is 1.39 bits per heavy atom. The number of carbonyl (C=O) groups is 2. The second-order valence-electron chi connectivity index (χ2n) is 3.75. The Morgan fingerprint density at radius 3 is 2.72 bits per heavy atom. The Morgan fingerprint density at radius 2 is 2.11 bits per heavy atom. The van der Waals surface area contributed by atoms with Gasteiger partial charge in [0.15, 0.2) is 0 Å². The van der Waals surface area contributed by atoms with Gasteiger partial charge in [-0.3, -0.25) is 9.59 Å². The summed E-state index contributed by atoms with van der Waals surface area (Å²) in [6, 6.07) is 5.46. The van der Waals surface area contributed by atoms with Gasteiger partial charge in [0.05, 0.1) is 13.0 Å². The van der Waals surface area contributed by atoms with E-state index in [-0.39, 0.29) is 18.8 Å². The molecule has 0 atom stereocenters. The third-order valence-corrected chi connectivity index (χ3v) is 3.19. The molecule has 1 N–H and O–H groups in total. The molecule has 0 aliphatic heterocycles. The van der Waals surface area contributed by atoms with Crippen LogP contribution < -0.4 is 0 Å². The van der Waals surface area contributed by atoms with Crippen LogP contribution in [0.5, 0.6) is 0 Å². The molecule has 5 heteroatoms. The van der Waals surface area contributed by atoms with E-state index in [2.05, 4.69) is 15.9 Å². The molecular formula is C13H15BrO4. The minimum atomic E-state index is -0.890. The van der Waals surface area contributed by atoms with Crippen molar-refractivity contribution in [2.75, 3.05) is 6.61 Å². The van der Waals surface area contributed by atoms with E-state index in [0.29, 0.717) is 18.6 Å². The van der Waals surface area contributed by atoms with E-state index in [0.717, 1.165) is 10.0 Å². The Balaban J connectivity index is 2.78. The normalized spacial score (nSPS) is 10.1. The van der Waals surface area contributed by atoms with Gasteiger partial charge in [-0.25, -0.2) is 0 Å². The van der Waals surface area contributed by atoms with Crippen LogP contribution in [0.3, 0.4) is 0 Å². The quantitative estimate of drug-likeness (QED) is 0.820. The summed E-state index contributed by atoms with van der Waals surface area (Å²) in [7, 11) is 0. The fourth-order valence-electron chi connectivity index (χ4n) is 1.66. The van der Waals surface area contributed by atoms with Crippen LogP contribution in [-0.2, 0) is 27.2 Å². The van der Waals surface area contributed by atoms with E-state index in [4.69, 9.17) is 9.84 Å². The number of rotatable bonds is 6. The molecule has 98 valence electrons. The van der Waals surface area contributed by atoms with E-state index >= 15 is 0 Å². The van der Waals surface area contributed by atoms with E-state index in [1.165, 1.54) is 0 Å². The molecule has 0 bridgehead atoms. The van der Waals surface area contributed by atoms with Crippen molar-refractivity contribution in [2.24, 2.45) is 0 Å². The van der Waals surface area contributed by atoms with Crippen LogP contribution in [0.2, 0.25) is 0 Å². The largest absolute Gasteiger partial charge is 0.481 e. The van der Waals surface area contributed by atoms with Crippen LogP contribution in [0.1, 0.15) is 24.5 Å². The molecule has 0 amide bonds. The van der Waals surface area contributed by atoms with Gasteiger partial charge in [0, 0.05) is 10.9 Å². The van der Waals surface area contributed by atoms with E-state index in [1.807, 2.05) is 12.1 Å². The number of carboxylic acids is 1. The molecule has 0 aromatic heterocycles. The summed E-state index contributed by atoms with van der Waals surface area (Å²) in [5.41, 5.74) is 1.58. The molecule has 0 aliphatic rings. The number of aryl methyl sites for hydroxylation is 1. The minimum Gasteiger partial charge on any atom is -0.481 e. The molecule has 0 aliphatic carbocycles. The first-order valence-corrected chi connectivity index (χ1v) is 6.47. The van der Waals surface area contributed by atoms with E-state index < -0.39 is 5.97 Å². The van der Waals surface area contributed by atoms with Crippen LogP contribution in [0.4, 0.5) is 0 Å². The number of esters is 1.